The standard InChI is InChI=1S/C16H29N3O3S/c1-12-13(5-10-23-12)17-11-14(20)18-6-8-19(9-7-18)15(21)22-16(2,3)4/h12-13,17H,5-11H2,1-4H3. The van der Waals surface area contributed by atoms with Gasteiger partial charge in [-0.25, -0.2) is 4.79 Å². The maximum absolute atomic E-state index is 12.3. The first-order chi connectivity index (χ1) is 10.8. The summed E-state index contributed by atoms with van der Waals surface area (Å²) in [6.07, 6.45) is 0.838. The molecular weight excluding hydrogens is 314 g/mol. The summed E-state index contributed by atoms with van der Waals surface area (Å²) in [4.78, 5) is 27.8. The number of ether oxygens (including phenoxy) is 1. The minimum absolute atomic E-state index is 0.123. The van der Waals surface area contributed by atoms with Gasteiger partial charge >= 0.3 is 6.09 Å². The predicted molar refractivity (Wildman–Crippen MR) is 92.7 cm³/mol. The minimum atomic E-state index is -0.482. The molecule has 23 heavy (non-hydrogen) atoms. The van der Waals surface area contributed by atoms with Crippen LogP contribution in [0.1, 0.15) is 34.1 Å². The molecule has 1 N–H and O–H groups in total. The van der Waals surface area contributed by atoms with Crippen LogP contribution in [0, 0.1) is 0 Å². The smallest absolute Gasteiger partial charge is 0.410 e. The lowest BCUT2D eigenvalue weighted by molar-refractivity contribution is -0.132. The second kappa shape index (κ2) is 7.75. The zero-order valence-corrected chi connectivity index (χ0v) is 15.4. The van der Waals surface area contributed by atoms with Crippen LogP contribution in [-0.4, -0.2) is 77.2 Å². The normalized spacial score (nSPS) is 25.6. The Hall–Kier alpha value is -0.950. The fraction of sp³-hybridized carbons (Fsp3) is 0.875. The van der Waals surface area contributed by atoms with Crippen molar-refractivity contribution in [3.05, 3.63) is 0 Å². The van der Waals surface area contributed by atoms with E-state index in [1.807, 2.05) is 37.4 Å². The van der Waals surface area contributed by atoms with Crippen LogP contribution < -0.4 is 5.32 Å². The van der Waals surface area contributed by atoms with Gasteiger partial charge in [-0.2, -0.15) is 11.8 Å². The number of nitrogens with one attached hydrogen (secondary N) is 1. The number of nitrogens with zero attached hydrogens (tertiary/aromatic N) is 2. The van der Waals surface area contributed by atoms with Gasteiger partial charge in [0.2, 0.25) is 5.91 Å². The highest BCUT2D eigenvalue weighted by atomic mass is 32.2. The van der Waals surface area contributed by atoms with Gasteiger partial charge in [0.05, 0.1) is 6.54 Å². The molecule has 2 fully saturated rings. The molecule has 2 atom stereocenters. The lowest BCUT2D eigenvalue weighted by Crippen LogP contribution is -2.53. The summed E-state index contributed by atoms with van der Waals surface area (Å²) < 4.78 is 5.37. The van der Waals surface area contributed by atoms with E-state index in [2.05, 4.69) is 12.2 Å². The van der Waals surface area contributed by atoms with Gasteiger partial charge in [0.25, 0.3) is 0 Å². The molecule has 0 spiro atoms. The zero-order valence-electron chi connectivity index (χ0n) is 14.6. The number of thioether (sulfide) groups is 1. The van der Waals surface area contributed by atoms with E-state index in [0.717, 1.165) is 6.42 Å². The summed E-state index contributed by atoms with van der Waals surface area (Å²) in [6, 6.07) is 0.437. The van der Waals surface area contributed by atoms with E-state index in [1.54, 1.807) is 4.90 Å². The van der Waals surface area contributed by atoms with Gasteiger partial charge in [-0.3, -0.25) is 4.79 Å². The van der Waals surface area contributed by atoms with Crippen molar-refractivity contribution in [3.8, 4) is 0 Å². The Labute approximate surface area is 143 Å². The van der Waals surface area contributed by atoms with E-state index in [1.165, 1.54) is 5.75 Å². The Bertz CT molecular complexity index is 431. The van der Waals surface area contributed by atoms with Crippen LogP contribution in [-0.2, 0) is 9.53 Å². The Morgan fingerprint density at radius 2 is 1.78 bits per heavy atom. The molecule has 6 nitrogen and oxygen atoms in total. The number of amides is 2. The van der Waals surface area contributed by atoms with Crippen LogP contribution in [0.2, 0.25) is 0 Å². The van der Waals surface area contributed by atoms with E-state index >= 15 is 0 Å². The first-order valence-electron chi connectivity index (χ1n) is 8.37. The van der Waals surface area contributed by atoms with Gasteiger partial charge in [-0.1, -0.05) is 6.92 Å². The highest BCUT2D eigenvalue weighted by Gasteiger charge is 2.29. The van der Waals surface area contributed by atoms with Crippen LogP contribution in [0.15, 0.2) is 0 Å². The van der Waals surface area contributed by atoms with Crippen molar-refractivity contribution < 1.29 is 14.3 Å². The molecule has 132 valence electrons. The Morgan fingerprint density at radius 1 is 1.17 bits per heavy atom. The second-order valence-electron chi connectivity index (χ2n) is 7.20. The predicted octanol–water partition coefficient (Wildman–Crippen LogP) is 1.55. The monoisotopic (exact) mass is 343 g/mol. The number of hydrogen-bond donors (Lipinski definition) is 1. The largest absolute Gasteiger partial charge is 0.444 e. The molecule has 2 saturated heterocycles. The van der Waals surface area contributed by atoms with Crippen molar-refractivity contribution >= 4 is 23.8 Å². The zero-order chi connectivity index (χ0) is 17.0. The van der Waals surface area contributed by atoms with Crippen LogP contribution in [0.5, 0.6) is 0 Å². The molecule has 0 radical (unpaired) electrons. The van der Waals surface area contributed by atoms with Crippen molar-refractivity contribution in [2.45, 2.75) is 51.0 Å². The summed E-state index contributed by atoms with van der Waals surface area (Å²) in [6.45, 7) is 10.4. The van der Waals surface area contributed by atoms with E-state index in [-0.39, 0.29) is 12.0 Å². The molecule has 2 aliphatic rings. The summed E-state index contributed by atoms with van der Waals surface area (Å²) in [5, 5.41) is 3.95. The number of hydrogen-bond acceptors (Lipinski definition) is 5. The van der Waals surface area contributed by atoms with Gasteiger partial charge in [0, 0.05) is 37.5 Å². The highest BCUT2D eigenvalue weighted by molar-refractivity contribution is 8.00. The number of carbonyl (C=O) groups excluding carboxylic acids is 2. The average Bonchev–Trinajstić information content (AvgIpc) is 2.88. The second-order valence-corrected chi connectivity index (χ2v) is 8.69. The van der Waals surface area contributed by atoms with Crippen molar-refractivity contribution in [3.63, 3.8) is 0 Å². The molecule has 2 rings (SSSR count). The van der Waals surface area contributed by atoms with E-state index in [4.69, 9.17) is 4.74 Å². The molecule has 2 heterocycles. The quantitative estimate of drug-likeness (QED) is 0.842. The van der Waals surface area contributed by atoms with Crippen LogP contribution in [0.3, 0.4) is 0 Å². The van der Waals surface area contributed by atoms with Gasteiger partial charge in [-0.05, 0) is 32.9 Å². The maximum atomic E-state index is 12.3. The SMILES string of the molecule is CC1SCCC1NCC(=O)N1CCN(C(=O)OC(C)(C)C)CC1. The third kappa shape index (κ3) is 5.57. The van der Waals surface area contributed by atoms with Gasteiger partial charge in [-0.15, -0.1) is 0 Å². The topological polar surface area (TPSA) is 61.9 Å². The summed E-state index contributed by atoms with van der Waals surface area (Å²) in [7, 11) is 0. The molecule has 0 aromatic carbocycles. The molecule has 0 saturated carbocycles. The molecule has 2 amide bonds. The third-order valence-electron chi connectivity index (χ3n) is 4.18. The summed E-state index contributed by atoms with van der Waals surface area (Å²) >= 11 is 1.95. The van der Waals surface area contributed by atoms with Crippen LogP contribution >= 0.6 is 11.8 Å². The van der Waals surface area contributed by atoms with Crippen molar-refractivity contribution in [1.82, 2.24) is 15.1 Å². The molecule has 7 heteroatoms. The first-order valence-corrected chi connectivity index (χ1v) is 9.42. The lowest BCUT2D eigenvalue weighted by atomic mass is 10.2. The maximum Gasteiger partial charge on any atom is 0.410 e. The molecule has 2 aliphatic heterocycles. The summed E-state index contributed by atoms with van der Waals surface area (Å²) in [5.74, 6) is 1.29. The van der Waals surface area contributed by atoms with Crippen molar-refractivity contribution in [2.75, 3.05) is 38.5 Å². The van der Waals surface area contributed by atoms with E-state index in [9.17, 15) is 9.59 Å². The molecule has 0 aliphatic carbocycles. The average molecular weight is 343 g/mol. The fourth-order valence-corrected chi connectivity index (χ4v) is 4.02. The third-order valence-corrected chi connectivity index (χ3v) is 5.50. The number of carbonyl (C=O) groups is 2. The molecule has 0 aromatic heterocycles. The first kappa shape index (κ1) is 18.4. The summed E-state index contributed by atoms with van der Waals surface area (Å²) in [5.41, 5.74) is -0.482. The Morgan fingerprint density at radius 3 is 2.30 bits per heavy atom. The van der Waals surface area contributed by atoms with Crippen molar-refractivity contribution in [2.24, 2.45) is 0 Å². The molecule has 0 aromatic rings. The molecular formula is C16H29N3O3S. The number of piperazine rings is 1. The highest BCUT2D eigenvalue weighted by Crippen LogP contribution is 2.25. The number of rotatable bonds is 3. The molecule has 2 unspecified atom stereocenters. The van der Waals surface area contributed by atoms with Gasteiger partial charge in [0.1, 0.15) is 5.60 Å². The minimum Gasteiger partial charge on any atom is -0.444 e. The van der Waals surface area contributed by atoms with Crippen LogP contribution in [0.25, 0.3) is 0 Å². The van der Waals surface area contributed by atoms with E-state index in [0.29, 0.717) is 44.0 Å². The van der Waals surface area contributed by atoms with E-state index < -0.39 is 5.60 Å². The van der Waals surface area contributed by atoms with Gasteiger partial charge in [0.15, 0.2) is 0 Å². The van der Waals surface area contributed by atoms with Crippen LogP contribution in [0.4, 0.5) is 4.79 Å². The fourth-order valence-electron chi connectivity index (χ4n) is 2.79. The Balaban J connectivity index is 1.71. The van der Waals surface area contributed by atoms with Gasteiger partial charge < -0.3 is 19.9 Å². The molecule has 0 bridgehead atoms. The Kier molecular flexibility index (Phi) is 6.19. The van der Waals surface area contributed by atoms with Crippen molar-refractivity contribution in [1.29, 1.82) is 0 Å². The lowest BCUT2D eigenvalue weighted by Gasteiger charge is -2.35.